The number of carbonyl (C=O) groups is 1. The van der Waals surface area contributed by atoms with Gasteiger partial charge in [0.1, 0.15) is 6.04 Å². The molecule has 12 heavy (non-hydrogen) atoms. The van der Waals surface area contributed by atoms with E-state index < -0.39 is 6.04 Å². The number of esters is 1. The Kier molecular flexibility index (Phi) is 6.54. The van der Waals surface area contributed by atoms with Gasteiger partial charge < -0.3 is 4.74 Å². The van der Waals surface area contributed by atoms with Gasteiger partial charge in [-0.05, 0) is 24.6 Å². The molecule has 1 atom stereocenters. The van der Waals surface area contributed by atoms with Crippen LogP contribution in [0, 0.1) is 12.3 Å². The fourth-order valence-electron chi connectivity index (χ4n) is 0.767. The van der Waals surface area contributed by atoms with Crippen LogP contribution < -0.4 is 4.84 Å². The standard InChI is InChI=1S/C8H12ClNO2/c1-3-4-5-6-7(10-9)8(11)12-2/h1,7,10H,4-6H2,2H3. The number of nitrogens with one attached hydrogen (secondary N) is 1. The lowest BCUT2D eigenvalue weighted by Crippen LogP contribution is -2.31. The Morgan fingerprint density at radius 3 is 2.92 bits per heavy atom. The highest BCUT2D eigenvalue weighted by Gasteiger charge is 2.16. The van der Waals surface area contributed by atoms with Gasteiger partial charge in [0, 0.05) is 6.42 Å². The Hall–Kier alpha value is -0.720. The minimum atomic E-state index is -0.454. The second-order valence-electron chi connectivity index (χ2n) is 2.28. The molecule has 0 aliphatic rings. The number of rotatable bonds is 5. The fourth-order valence-corrected chi connectivity index (χ4v) is 0.966. The average molecular weight is 190 g/mol. The van der Waals surface area contributed by atoms with E-state index >= 15 is 0 Å². The van der Waals surface area contributed by atoms with E-state index in [2.05, 4.69) is 15.5 Å². The highest BCUT2D eigenvalue weighted by atomic mass is 35.5. The maximum atomic E-state index is 10.9. The Morgan fingerprint density at radius 1 is 1.83 bits per heavy atom. The van der Waals surface area contributed by atoms with Crippen LogP contribution in [0.2, 0.25) is 0 Å². The van der Waals surface area contributed by atoms with Crippen LogP contribution in [0.3, 0.4) is 0 Å². The number of carbonyl (C=O) groups excluding carboxylic acids is 1. The van der Waals surface area contributed by atoms with Crippen LogP contribution in [-0.2, 0) is 9.53 Å². The molecule has 0 aliphatic heterocycles. The molecule has 0 saturated heterocycles. The molecule has 0 aromatic carbocycles. The zero-order valence-electron chi connectivity index (χ0n) is 6.97. The molecule has 0 aromatic heterocycles. The van der Waals surface area contributed by atoms with Crippen molar-refractivity contribution in [3.05, 3.63) is 0 Å². The lowest BCUT2D eigenvalue weighted by molar-refractivity contribution is -0.142. The molecule has 1 unspecified atom stereocenters. The van der Waals surface area contributed by atoms with Gasteiger partial charge in [-0.15, -0.1) is 12.3 Å². The highest BCUT2D eigenvalue weighted by molar-refractivity contribution is 6.14. The quantitative estimate of drug-likeness (QED) is 0.304. The van der Waals surface area contributed by atoms with Crippen molar-refractivity contribution in [1.82, 2.24) is 4.84 Å². The van der Waals surface area contributed by atoms with E-state index in [1.165, 1.54) is 7.11 Å². The lowest BCUT2D eigenvalue weighted by atomic mass is 10.1. The highest BCUT2D eigenvalue weighted by Crippen LogP contribution is 2.02. The van der Waals surface area contributed by atoms with Crippen LogP contribution >= 0.6 is 11.8 Å². The molecular formula is C8H12ClNO2. The Labute approximate surface area is 77.5 Å². The van der Waals surface area contributed by atoms with Gasteiger partial charge in [0.15, 0.2) is 0 Å². The molecule has 3 nitrogen and oxygen atoms in total. The fraction of sp³-hybridized carbons (Fsp3) is 0.625. The van der Waals surface area contributed by atoms with Gasteiger partial charge in [-0.1, -0.05) is 0 Å². The third kappa shape index (κ3) is 4.22. The van der Waals surface area contributed by atoms with E-state index in [1.54, 1.807) is 0 Å². The van der Waals surface area contributed by atoms with Crippen LogP contribution in [0.1, 0.15) is 19.3 Å². The van der Waals surface area contributed by atoms with Crippen molar-refractivity contribution in [2.24, 2.45) is 0 Å². The third-order valence-electron chi connectivity index (χ3n) is 1.43. The maximum Gasteiger partial charge on any atom is 0.324 e. The van der Waals surface area contributed by atoms with Crippen LogP contribution in [0.5, 0.6) is 0 Å². The van der Waals surface area contributed by atoms with E-state index in [-0.39, 0.29) is 5.97 Å². The van der Waals surface area contributed by atoms with Gasteiger partial charge in [-0.25, -0.2) is 4.84 Å². The summed E-state index contributed by atoms with van der Waals surface area (Å²) in [6, 6.07) is -0.454. The number of unbranched alkanes of at least 4 members (excludes halogenated alkanes) is 1. The van der Waals surface area contributed by atoms with E-state index in [0.29, 0.717) is 12.8 Å². The van der Waals surface area contributed by atoms with Crippen LogP contribution in [0.25, 0.3) is 0 Å². The third-order valence-corrected chi connectivity index (χ3v) is 1.69. The Balaban J connectivity index is 3.69. The van der Waals surface area contributed by atoms with Crippen molar-refractivity contribution in [3.8, 4) is 12.3 Å². The Bertz CT molecular complexity index is 176. The molecule has 68 valence electrons. The first-order chi connectivity index (χ1) is 5.76. The SMILES string of the molecule is C#CCCCC(NCl)C(=O)OC. The topological polar surface area (TPSA) is 38.3 Å². The predicted molar refractivity (Wildman–Crippen MR) is 47.5 cm³/mol. The lowest BCUT2D eigenvalue weighted by Gasteiger charge is -2.10. The molecule has 0 bridgehead atoms. The first kappa shape index (κ1) is 11.3. The normalized spacial score (nSPS) is 11.8. The summed E-state index contributed by atoms with van der Waals surface area (Å²) in [6.07, 6.45) is 7.05. The van der Waals surface area contributed by atoms with E-state index in [4.69, 9.17) is 18.2 Å². The molecule has 4 heteroatoms. The maximum absolute atomic E-state index is 10.9. The zero-order chi connectivity index (χ0) is 9.40. The molecule has 0 aliphatic carbocycles. The number of hydrogen-bond donors (Lipinski definition) is 1. The monoisotopic (exact) mass is 189 g/mol. The average Bonchev–Trinajstić information content (AvgIpc) is 2.11. The van der Waals surface area contributed by atoms with Gasteiger partial charge in [-0.3, -0.25) is 4.79 Å². The molecule has 0 spiro atoms. The summed E-state index contributed by atoms with van der Waals surface area (Å²) in [5.41, 5.74) is 0. The van der Waals surface area contributed by atoms with Crippen molar-refractivity contribution in [3.63, 3.8) is 0 Å². The number of methoxy groups -OCH3 is 1. The molecule has 0 amide bonds. The minimum Gasteiger partial charge on any atom is -0.468 e. The number of halogens is 1. The van der Waals surface area contributed by atoms with Crippen molar-refractivity contribution < 1.29 is 9.53 Å². The van der Waals surface area contributed by atoms with Crippen molar-refractivity contribution in [2.75, 3.05) is 7.11 Å². The van der Waals surface area contributed by atoms with Crippen LogP contribution in [0.15, 0.2) is 0 Å². The summed E-state index contributed by atoms with van der Waals surface area (Å²) in [4.78, 5) is 13.3. The molecule has 0 fully saturated rings. The van der Waals surface area contributed by atoms with Crippen LogP contribution in [0.4, 0.5) is 0 Å². The zero-order valence-corrected chi connectivity index (χ0v) is 7.73. The first-order valence-corrected chi connectivity index (χ1v) is 4.01. The van der Waals surface area contributed by atoms with Crippen molar-refractivity contribution in [2.45, 2.75) is 25.3 Å². The second-order valence-corrected chi connectivity index (χ2v) is 2.50. The van der Waals surface area contributed by atoms with Gasteiger partial charge in [0.2, 0.25) is 0 Å². The van der Waals surface area contributed by atoms with Gasteiger partial charge in [0.25, 0.3) is 0 Å². The van der Waals surface area contributed by atoms with E-state index in [0.717, 1.165) is 6.42 Å². The Morgan fingerprint density at radius 2 is 2.50 bits per heavy atom. The van der Waals surface area contributed by atoms with Gasteiger partial charge >= 0.3 is 5.97 Å². The number of terminal acetylenes is 1. The molecule has 0 rings (SSSR count). The molecule has 0 heterocycles. The van der Waals surface area contributed by atoms with Gasteiger partial charge in [-0.2, -0.15) is 0 Å². The first-order valence-electron chi connectivity index (χ1n) is 3.63. The summed E-state index contributed by atoms with van der Waals surface area (Å²) < 4.78 is 4.50. The summed E-state index contributed by atoms with van der Waals surface area (Å²) in [5, 5.41) is 0. The molecule has 1 N–H and O–H groups in total. The summed E-state index contributed by atoms with van der Waals surface area (Å²) >= 11 is 5.32. The largest absolute Gasteiger partial charge is 0.468 e. The summed E-state index contributed by atoms with van der Waals surface area (Å²) in [7, 11) is 1.32. The molecule has 0 saturated carbocycles. The number of ether oxygens (including phenoxy) is 1. The predicted octanol–water partition coefficient (Wildman–Crippen LogP) is 1.07. The molecular weight excluding hydrogens is 178 g/mol. The van der Waals surface area contributed by atoms with Crippen molar-refractivity contribution in [1.29, 1.82) is 0 Å². The summed E-state index contributed by atoms with van der Waals surface area (Å²) in [5.74, 6) is 2.12. The minimum absolute atomic E-state index is 0.359. The van der Waals surface area contributed by atoms with E-state index in [1.807, 2.05) is 0 Å². The molecule has 0 aromatic rings. The van der Waals surface area contributed by atoms with Crippen LogP contribution in [-0.4, -0.2) is 19.1 Å². The molecule has 0 radical (unpaired) electrons. The van der Waals surface area contributed by atoms with Crippen molar-refractivity contribution >= 4 is 17.7 Å². The van der Waals surface area contributed by atoms with Gasteiger partial charge in [0.05, 0.1) is 7.11 Å². The van der Waals surface area contributed by atoms with E-state index in [9.17, 15) is 4.79 Å². The second kappa shape index (κ2) is 6.96. The smallest absolute Gasteiger partial charge is 0.324 e. The summed E-state index contributed by atoms with van der Waals surface area (Å²) in [6.45, 7) is 0. The number of hydrogen-bond acceptors (Lipinski definition) is 3.